The summed E-state index contributed by atoms with van der Waals surface area (Å²) < 4.78 is 5.31. The van der Waals surface area contributed by atoms with Crippen molar-refractivity contribution in [2.75, 3.05) is 19.5 Å². The van der Waals surface area contributed by atoms with Gasteiger partial charge in [0.1, 0.15) is 5.75 Å². The Hall–Kier alpha value is -1.79. The van der Waals surface area contributed by atoms with Gasteiger partial charge >= 0.3 is 0 Å². The van der Waals surface area contributed by atoms with Crippen LogP contribution in [0.25, 0.3) is 0 Å². The van der Waals surface area contributed by atoms with Crippen LogP contribution in [0.2, 0.25) is 5.02 Å². The Kier molecular flexibility index (Phi) is 5.28. The van der Waals surface area contributed by atoms with Crippen molar-refractivity contribution < 1.29 is 14.6 Å². The molecule has 2 heterocycles. The van der Waals surface area contributed by atoms with Gasteiger partial charge in [-0.3, -0.25) is 4.79 Å². The van der Waals surface area contributed by atoms with Crippen LogP contribution in [0.3, 0.4) is 0 Å². The summed E-state index contributed by atoms with van der Waals surface area (Å²) in [6.07, 6.45) is 4.56. The molecule has 158 valence electrons. The van der Waals surface area contributed by atoms with Crippen molar-refractivity contribution in [3.63, 3.8) is 0 Å². The smallest absolute Gasteiger partial charge is 0.223 e. The van der Waals surface area contributed by atoms with Crippen molar-refractivity contribution in [1.82, 2.24) is 4.90 Å². The number of anilines is 1. The molecule has 4 aliphatic rings. The number of hydrogen-bond acceptors (Lipinski definition) is 5. The SMILES string of the molecule is CNc1ccc(OC)c(Cl)c1C(=N)C(C)CC(=O)N1C2CC3CC1CC(O)(C3)C2. The lowest BCUT2D eigenvalue weighted by atomic mass is 9.61. The summed E-state index contributed by atoms with van der Waals surface area (Å²) in [7, 11) is 3.34. The van der Waals surface area contributed by atoms with Crippen LogP contribution in [0, 0.1) is 17.2 Å². The second kappa shape index (κ2) is 7.47. The predicted octanol–water partition coefficient (Wildman–Crippen LogP) is 3.69. The number of benzene rings is 1. The number of hydrogen-bond donors (Lipinski definition) is 3. The van der Waals surface area contributed by atoms with Gasteiger partial charge in [0.05, 0.1) is 17.7 Å². The maximum Gasteiger partial charge on any atom is 0.223 e. The number of carbonyl (C=O) groups is 1. The number of nitrogens with zero attached hydrogens (tertiary/aromatic N) is 1. The molecule has 0 aromatic heterocycles. The molecule has 1 aromatic rings. The summed E-state index contributed by atoms with van der Waals surface area (Å²) in [6.45, 7) is 1.90. The normalized spacial score (nSPS) is 30.9. The topological polar surface area (TPSA) is 85.7 Å². The molecule has 4 fully saturated rings. The Morgan fingerprint density at radius 3 is 2.59 bits per heavy atom. The molecular formula is C22H30ClN3O3. The molecule has 29 heavy (non-hydrogen) atoms. The summed E-state index contributed by atoms with van der Waals surface area (Å²) in [5.41, 5.74) is 1.09. The van der Waals surface area contributed by atoms with Crippen LogP contribution in [-0.4, -0.2) is 53.5 Å². The highest BCUT2D eigenvalue weighted by Crippen LogP contribution is 2.51. The van der Waals surface area contributed by atoms with Gasteiger partial charge in [-0.05, 0) is 50.2 Å². The molecule has 3 atom stereocenters. The lowest BCUT2D eigenvalue weighted by molar-refractivity contribution is -0.175. The third kappa shape index (κ3) is 3.50. The summed E-state index contributed by atoms with van der Waals surface area (Å²) in [4.78, 5) is 15.2. The second-order valence-electron chi connectivity index (χ2n) is 9.06. The van der Waals surface area contributed by atoms with Crippen molar-refractivity contribution in [2.24, 2.45) is 11.8 Å². The van der Waals surface area contributed by atoms with Crippen LogP contribution in [0.5, 0.6) is 5.75 Å². The fraction of sp³-hybridized carbons (Fsp3) is 0.636. The first-order chi connectivity index (χ1) is 13.8. The van der Waals surface area contributed by atoms with Gasteiger partial charge in [-0.1, -0.05) is 18.5 Å². The fourth-order valence-electron chi connectivity index (χ4n) is 5.89. The molecule has 0 spiro atoms. The molecule has 3 N–H and O–H groups in total. The molecular weight excluding hydrogens is 390 g/mol. The zero-order valence-electron chi connectivity index (χ0n) is 17.3. The molecule has 6 nitrogen and oxygen atoms in total. The van der Waals surface area contributed by atoms with E-state index in [0.29, 0.717) is 40.8 Å². The zero-order valence-corrected chi connectivity index (χ0v) is 18.1. The van der Waals surface area contributed by atoms with Crippen LogP contribution in [-0.2, 0) is 4.79 Å². The molecule has 7 heteroatoms. The molecule has 2 aliphatic carbocycles. The number of piperidine rings is 2. The van der Waals surface area contributed by atoms with E-state index in [4.69, 9.17) is 21.7 Å². The molecule has 4 bridgehead atoms. The first-order valence-corrected chi connectivity index (χ1v) is 10.8. The quantitative estimate of drug-likeness (QED) is 0.614. The molecule has 2 saturated heterocycles. The number of aliphatic hydroxyl groups is 1. The lowest BCUT2D eigenvalue weighted by Crippen LogP contribution is -2.65. The number of methoxy groups -OCH3 is 1. The minimum Gasteiger partial charge on any atom is -0.495 e. The molecule has 1 aromatic carbocycles. The molecule has 5 rings (SSSR count). The first kappa shape index (κ1) is 20.5. The third-order valence-electron chi connectivity index (χ3n) is 7.02. The van der Waals surface area contributed by atoms with Crippen molar-refractivity contribution in [2.45, 2.75) is 63.1 Å². The summed E-state index contributed by atoms with van der Waals surface area (Å²) in [5, 5.41) is 23.0. The molecule has 0 radical (unpaired) electrons. The average molecular weight is 420 g/mol. The Morgan fingerprint density at radius 1 is 1.38 bits per heavy atom. The highest BCUT2D eigenvalue weighted by Gasteiger charge is 2.55. The van der Waals surface area contributed by atoms with E-state index in [1.54, 1.807) is 20.2 Å². The highest BCUT2D eigenvalue weighted by atomic mass is 35.5. The van der Waals surface area contributed by atoms with E-state index in [0.717, 1.165) is 24.9 Å². The van der Waals surface area contributed by atoms with E-state index in [1.807, 2.05) is 17.9 Å². The van der Waals surface area contributed by atoms with Crippen LogP contribution in [0.15, 0.2) is 12.1 Å². The minimum absolute atomic E-state index is 0.0877. The second-order valence-corrected chi connectivity index (χ2v) is 9.43. The molecule has 2 aliphatic heterocycles. The van der Waals surface area contributed by atoms with Crippen LogP contribution in [0.4, 0.5) is 5.69 Å². The fourth-order valence-corrected chi connectivity index (χ4v) is 6.24. The van der Waals surface area contributed by atoms with Gasteiger partial charge in [0, 0.05) is 48.4 Å². The van der Waals surface area contributed by atoms with E-state index in [1.165, 1.54) is 0 Å². The number of ether oxygens (including phenoxy) is 1. The first-order valence-electron chi connectivity index (χ1n) is 10.4. The Bertz CT molecular complexity index is 827. The van der Waals surface area contributed by atoms with E-state index in [2.05, 4.69) is 5.32 Å². The van der Waals surface area contributed by atoms with Gasteiger partial charge in [-0.2, -0.15) is 0 Å². The van der Waals surface area contributed by atoms with Gasteiger partial charge in [-0.25, -0.2) is 0 Å². The zero-order chi connectivity index (χ0) is 20.9. The number of rotatable bonds is 6. The number of halogens is 1. The van der Waals surface area contributed by atoms with Gasteiger partial charge in [0.15, 0.2) is 0 Å². The minimum atomic E-state index is -0.568. The van der Waals surface area contributed by atoms with Gasteiger partial charge in [0.2, 0.25) is 5.91 Å². The predicted molar refractivity (Wildman–Crippen MR) is 114 cm³/mol. The van der Waals surface area contributed by atoms with Crippen molar-refractivity contribution >= 4 is 28.9 Å². The summed E-state index contributed by atoms with van der Waals surface area (Å²) in [5.74, 6) is 0.872. The van der Waals surface area contributed by atoms with Crippen molar-refractivity contribution in [3.05, 3.63) is 22.7 Å². The number of carbonyl (C=O) groups excluding carboxylic acids is 1. The Balaban J connectivity index is 1.51. The van der Waals surface area contributed by atoms with Crippen molar-refractivity contribution in [3.8, 4) is 5.75 Å². The van der Waals surface area contributed by atoms with Crippen LogP contribution < -0.4 is 10.1 Å². The van der Waals surface area contributed by atoms with E-state index < -0.39 is 5.60 Å². The lowest BCUT2D eigenvalue weighted by Gasteiger charge is -2.59. The van der Waals surface area contributed by atoms with Gasteiger partial charge < -0.3 is 25.5 Å². The van der Waals surface area contributed by atoms with E-state index >= 15 is 0 Å². The van der Waals surface area contributed by atoms with Gasteiger partial charge in [-0.15, -0.1) is 0 Å². The largest absolute Gasteiger partial charge is 0.495 e. The highest BCUT2D eigenvalue weighted by molar-refractivity contribution is 6.36. The Morgan fingerprint density at radius 2 is 2.03 bits per heavy atom. The average Bonchev–Trinajstić information content (AvgIpc) is 2.65. The monoisotopic (exact) mass is 419 g/mol. The number of nitrogens with one attached hydrogen (secondary N) is 2. The van der Waals surface area contributed by atoms with Gasteiger partial charge in [0.25, 0.3) is 0 Å². The van der Waals surface area contributed by atoms with Crippen LogP contribution >= 0.6 is 11.6 Å². The number of amides is 1. The van der Waals surface area contributed by atoms with Crippen molar-refractivity contribution in [1.29, 1.82) is 5.41 Å². The summed E-state index contributed by atoms with van der Waals surface area (Å²) in [6, 6.07) is 3.90. The maximum absolute atomic E-state index is 13.2. The standard InChI is InChI=1S/C22H30ClN3O3/c1-12(21(24)19-16(25-2)4-5-17(29-3)20(19)23)6-18(27)26-14-7-13-8-15(26)11-22(28,9-13)10-14/h4-5,12-15,24-25,28H,6-11H2,1-3H3. The van der Waals surface area contributed by atoms with E-state index in [9.17, 15) is 9.90 Å². The summed E-state index contributed by atoms with van der Waals surface area (Å²) >= 11 is 6.50. The Labute approximate surface area is 177 Å². The molecule has 1 amide bonds. The maximum atomic E-state index is 13.2. The third-order valence-corrected chi connectivity index (χ3v) is 7.40. The molecule has 2 saturated carbocycles. The molecule has 3 unspecified atom stereocenters. The van der Waals surface area contributed by atoms with E-state index in [-0.39, 0.29) is 30.3 Å². The van der Waals surface area contributed by atoms with Crippen LogP contribution in [0.1, 0.15) is 51.0 Å².